The molecule has 1 unspecified atom stereocenters. The molecule has 0 rings (SSSR count). The van der Waals surface area contributed by atoms with Crippen LogP contribution < -0.4 is 0 Å². The molecule has 0 aliphatic heterocycles. The van der Waals surface area contributed by atoms with Crippen LogP contribution in [0, 0.1) is 0 Å². The maximum absolute atomic E-state index is 10.6. The first-order valence-corrected chi connectivity index (χ1v) is 3.89. The lowest BCUT2D eigenvalue weighted by Crippen LogP contribution is -2.19. The zero-order valence-corrected chi connectivity index (χ0v) is 7.77. The minimum absolute atomic E-state index is 0.172. The van der Waals surface area contributed by atoms with Crippen molar-refractivity contribution in [3.8, 4) is 0 Å². The normalized spacial score (nSPS) is 13.4. The largest absolute Gasteiger partial charge is 0.478 e. The van der Waals surface area contributed by atoms with Crippen molar-refractivity contribution in [1.82, 2.24) is 0 Å². The van der Waals surface area contributed by atoms with Gasteiger partial charge >= 0.3 is 11.9 Å². The fourth-order valence-corrected chi connectivity index (χ4v) is 0.788. The molecule has 0 aromatic carbocycles. The monoisotopic (exact) mass is 200 g/mol. The van der Waals surface area contributed by atoms with Gasteiger partial charge in [0.1, 0.15) is 0 Å². The lowest BCUT2D eigenvalue weighted by Gasteiger charge is -2.11. The Morgan fingerprint density at radius 1 is 1.50 bits per heavy atom. The van der Waals surface area contributed by atoms with Gasteiger partial charge in [-0.2, -0.15) is 0 Å². The molecule has 0 aliphatic carbocycles. The van der Waals surface area contributed by atoms with Crippen molar-refractivity contribution < 1.29 is 24.5 Å². The van der Waals surface area contributed by atoms with Crippen LogP contribution in [0.15, 0.2) is 24.3 Å². The fraction of sp³-hybridized carbons (Fsp3) is 0.333. The average Bonchev–Trinajstić information content (AvgIpc) is 2.09. The molecule has 0 radical (unpaired) electrons. The standard InChI is InChI=1S/C9H12O5/c1-3-4-14-6(2)7(9(12)13)5-8(10)11/h3,5-6H,1,4H2,2H3,(H,10,11)(H,12,13)/b7-5-. The van der Waals surface area contributed by atoms with Crippen molar-refractivity contribution >= 4 is 11.9 Å². The third-order valence-corrected chi connectivity index (χ3v) is 1.43. The summed E-state index contributed by atoms with van der Waals surface area (Å²) in [7, 11) is 0. The third-order valence-electron chi connectivity index (χ3n) is 1.43. The van der Waals surface area contributed by atoms with E-state index in [1.807, 2.05) is 0 Å². The lowest BCUT2D eigenvalue weighted by molar-refractivity contribution is -0.136. The van der Waals surface area contributed by atoms with E-state index in [1.54, 1.807) is 0 Å². The van der Waals surface area contributed by atoms with Gasteiger partial charge in [-0.15, -0.1) is 6.58 Å². The van der Waals surface area contributed by atoms with Crippen molar-refractivity contribution in [2.45, 2.75) is 13.0 Å². The van der Waals surface area contributed by atoms with Crippen LogP contribution in [0.25, 0.3) is 0 Å². The summed E-state index contributed by atoms with van der Waals surface area (Å²) in [6.45, 7) is 5.03. The number of carboxylic acid groups (broad SMARTS) is 2. The second-order valence-corrected chi connectivity index (χ2v) is 2.51. The van der Waals surface area contributed by atoms with Crippen LogP contribution in [0.4, 0.5) is 0 Å². The quantitative estimate of drug-likeness (QED) is 0.486. The number of rotatable bonds is 6. The molecule has 5 heteroatoms. The first kappa shape index (κ1) is 12.4. The Hall–Kier alpha value is -1.62. The Kier molecular flexibility index (Phi) is 5.24. The molecule has 0 aliphatic rings. The first-order chi connectivity index (χ1) is 6.49. The van der Waals surface area contributed by atoms with E-state index in [2.05, 4.69) is 6.58 Å². The molecular formula is C9H12O5. The molecule has 0 saturated carbocycles. The van der Waals surface area contributed by atoms with E-state index in [0.29, 0.717) is 6.08 Å². The van der Waals surface area contributed by atoms with Crippen LogP contribution in [0.2, 0.25) is 0 Å². The van der Waals surface area contributed by atoms with E-state index in [9.17, 15) is 9.59 Å². The number of carbonyl (C=O) groups is 2. The molecule has 14 heavy (non-hydrogen) atoms. The van der Waals surface area contributed by atoms with E-state index in [-0.39, 0.29) is 12.2 Å². The Balaban J connectivity index is 4.57. The van der Waals surface area contributed by atoms with Gasteiger partial charge in [0, 0.05) is 6.08 Å². The Bertz CT molecular complexity index is 266. The van der Waals surface area contributed by atoms with Gasteiger partial charge in [-0.05, 0) is 6.92 Å². The number of aliphatic carboxylic acids is 2. The fourth-order valence-electron chi connectivity index (χ4n) is 0.788. The van der Waals surface area contributed by atoms with Gasteiger partial charge in [-0.3, -0.25) is 0 Å². The molecule has 0 amide bonds. The van der Waals surface area contributed by atoms with E-state index < -0.39 is 18.0 Å². The molecule has 78 valence electrons. The van der Waals surface area contributed by atoms with E-state index in [0.717, 1.165) is 0 Å². The minimum Gasteiger partial charge on any atom is -0.478 e. The van der Waals surface area contributed by atoms with Crippen LogP contribution in [0.1, 0.15) is 6.92 Å². The van der Waals surface area contributed by atoms with Gasteiger partial charge in [0.25, 0.3) is 0 Å². The summed E-state index contributed by atoms with van der Waals surface area (Å²) in [5, 5.41) is 17.0. The maximum Gasteiger partial charge on any atom is 0.334 e. The summed E-state index contributed by atoms with van der Waals surface area (Å²) in [4.78, 5) is 20.9. The van der Waals surface area contributed by atoms with Gasteiger partial charge < -0.3 is 14.9 Å². The van der Waals surface area contributed by atoms with Crippen LogP contribution in [-0.2, 0) is 14.3 Å². The Morgan fingerprint density at radius 2 is 2.07 bits per heavy atom. The Morgan fingerprint density at radius 3 is 2.43 bits per heavy atom. The molecule has 0 bridgehead atoms. The van der Waals surface area contributed by atoms with Gasteiger partial charge in [-0.25, -0.2) is 9.59 Å². The van der Waals surface area contributed by atoms with Crippen molar-refractivity contribution in [3.05, 3.63) is 24.3 Å². The third kappa shape index (κ3) is 4.42. The topological polar surface area (TPSA) is 83.8 Å². The molecule has 2 N–H and O–H groups in total. The van der Waals surface area contributed by atoms with E-state index in [1.165, 1.54) is 13.0 Å². The summed E-state index contributed by atoms with van der Waals surface area (Å²) in [6, 6.07) is 0. The molecule has 0 aromatic rings. The van der Waals surface area contributed by atoms with Crippen molar-refractivity contribution in [2.75, 3.05) is 6.61 Å². The van der Waals surface area contributed by atoms with Crippen LogP contribution in [-0.4, -0.2) is 34.9 Å². The summed E-state index contributed by atoms with van der Waals surface area (Å²) >= 11 is 0. The van der Waals surface area contributed by atoms with Crippen LogP contribution in [0.3, 0.4) is 0 Å². The van der Waals surface area contributed by atoms with Crippen molar-refractivity contribution in [3.63, 3.8) is 0 Å². The molecule has 0 heterocycles. The van der Waals surface area contributed by atoms with Crippen LogP contribution >= 0.6 is 0 Å². The number of hydrogen-bond donors (Lipinski definition) is 2. The molecule has 5 nitrogen and oxygen atoms in total. The zero-order chi connectivity index (χ0) is 11.1. The zero-order valence-electron chi connectivity index (χ0n) is 7.77. The van der Waals surface area contributed by atoms with Gasteiger partial charge in [-0.1, -0.05) is 6.08 Å². The van der Waals surface area contributed by atoms with Gasteiger partial charge in [0.15, 0.2) is 0 Å². The lowest BCUT2D eigenvalue weighted by atomic mass is 10.1. The van der Waals surface area contributed by atoms with E-state index in [4.69, 9.17) is 14.9 Å². The molecule has 0 spiro atoms. The SMILES string of the molecule is C=CCOC(C)/C(=C/C(=O)O)C(=O)O. The predicted molar refractivity (Wildman–Crippen MR) is 49.0 cm³/mol. The predicted octanol–water partition coefficient (Wildman–Crippen LogP) is 0.673. The summed E-state index contributed by atoms with van der Waals surface area (Å²) in [6.07, 6.45) is 1.30. The molecule has 0 aromatic heterocycles. The summed E-state index contributed by atoms with van der Waals surface area (Å²) in [5.41, 5.74) is -0.292. The smallest absolute Gasteiger partial charge is 0.334 e. The van der Waals surface area contributed by atoms with Gasteiger partial charge in [0.05, 0.1) is 18.3 Å². The molecule has 0 fully saturated rings. The highest BCUT2D eigenvalue weighted by Crippen LogP contribution is 2.06. The highest BCUT2D eigenvalue weighted by atomic mass is 16.5. The van der Waals surface area contributed by atoms with Gasteiger partial charge in [0.2, 0.25) is 0 Å². The number of hydrogen-bond acceptors (Lipinski definition) is 3. The summed E-state index contributed by atoms with van der Waals surface area (Å²) < 4.78 is 4.98. The number of carboxylic acids is 2. The highest BCUT2D eigenvalue weighted by Gasteiger charge is 2.17. The first-order valence-electron chi connectivity index (χ1n) is 3.89. The van der Waals surface area contributed by atoms with Crippen LogP contribution in [0.5, 0.6) is 0 Å². The average molecular weight is 200 g/mol. The van der Waals surface area contributed by atoms with E-state index >= 15 is 0 Å². The maximum atomic E-state index is 10.6. The van der Waals surface area contributed by atoms with Crippen molar-refractivity contribution in [1.29, 1.82) is 0 Å². The highest BCUT2D eigenvalue weighted by molar-refractivity contribution is 5.95. The summed E-state index contributed by atoms with van der Waals surface area (Å²) in [5.74, 6) is -2.61. The Labute approximate surface area is 81.3 Å². The molecule has 0 saturated heterocycles. The molecule has 1 atom stereocenters. The van der Waals surface area contributed by atoms with Crippen molar-refractivity contribution in [2.24, 2.45) is 0 Å². The number of ether oxygens (including phenoxy) is 1. The molecular weight excluding hydrogens is 188 g/mol. The second-order valence-electron chi connectivity index (χ2n) is 2.51. The minimum atomic E-state index is -1.31. The second kappa shape index (κ2) is 5.93.